The Kier molecular flexibility index (Phi) is 5.66. The Morgan fingerprint density at radius 2 is 1.74 bits per heavy atom. The lowest BCUT2D eigenvalue weighted by molar-refractivity contribution is -0.391. The highest BCUT2D eigenvalue weighted by Crippen LogP contribution is 2.48. The van der Waals surface area contributed by atoms with E-state index in [4.69, 9.17) is 9.47 Å². The minimum Gasteiger partial charge on any atom is -0.493 e. The highest BCUT2D eigenvalue weighted by atomic mass is 19.3. The largest absolute Gasteiger partial charge is 0.507 e. The molecule has 0 unspecified atom stereocenters. The predicted molar refractivity (Wildman–Crippen MR) is 111 cm³/mol. The van der Waals surface area contributed by atoms with Crippen LogP contribution in [0.3, 0.4) is 0 Å². The van der Waals surface area contributed by atoms with Crippen molar-refractivity contribution in [3.63, 3.8) is 0 Å². The highest BCUT2D eigenvalue weighted by molar-refractivity contribution is 5.90. The molecule has 0 spiro atoms. The van der Waals surface area contributed by atoms with Crippen molar-refractivity contribution in [2.24, 2.45) is 0 Å². The van der Waals surface area contributed by atoms with Crippen LogP contribution >= 0.6 is 0 Å². The Bertz CT molecular complexity index is 1290. The first-order valence-corrected chi connectivity index (χ1v) is 10.1. The van der Waals surface area contributed by atoms with E-state index >= 15 is 0 Å². The zero-order chi connectivity index (χ0) is 24.8. The van der Waals surface area contributed by atoms with Crippen molar-refractivity contribution < 1.29 is 46.4 Å². The van der Waals surface area contributed by atoms with Gasteiger partial charge in [-0.1, -0.05) is 6.92 Å². The molecule has 2 heterocycles. The van der Waals surface area contributed by atoms with Gasteiger partial charge in [0.05, 0.1) is 19.0 Å². The molecule has 3 aromatic rings. The molecule has 0 saturated carbocycles. The summed E-state index contributed by atoms with van der Waals surface area (Å²) in [6, 6.07) is 6.32. The molecule has 7 nitrogen and oxygen atoms in total. The van der Waals surface area contributed by atoms with Crippen molar-refractivity contribution in [2.45, 2.75) is 38.9 Å². The van der Waals surface area contributed by atoms with E-state index in [2.05, 4.69) is 14.5 Å². The van der Waals surface area contributed by atoms with Gasteiger partial charge in [-0.3, -0.25) is 9.78 Å². The second-order valence-electron chi connectivity index (χ2n) is 7.55. The topological polar surface area (TPSA) is 87.1 Å². The van der Waals surface area contributed by atoms with E-state index in [9.17, 15) is 27.5 Å². The lowest BCUT2D eigenvalue weighted by Crippen LogP contribution is -2.52. The van der Waals surface area contributed by atoms with Crippen LogP contribution in [0.5, 0.6) is 28.7 Å². The van der Waals surface area contributed by atoms with Crippen LogP contribution in [0.25, 0.3) is 10.9 Å². The van der Waals surface area contributed by atoms with Gasteiger partial charge in [0, 0.05) is 23.2 Å². The van der Waals surface area contributed by atoms with Crippen LogP contribution < -0.4 is 18.9 Å². The Balaban J connectivity index is 1.79. The van der Waals surface area contributed by atoms with E-state index < -0.39 is 29.7 Å². The van der Waals surface area contributed by atoms with Crippen molar-refractivity contribution >= 4 is 16.9 Å². The number of aryl methyl sites for hydroxylation is 1. The Morgan fingerprint density at radius 3 is 2.35 bits per heavy atom. The minimum atomic E-state index is -4.87. The summed E-state index contributed by atoms with van der Waals surface area (Å²) in [5.41, 5.74) is 2.51. The number of hydrogen-bond acceptors (Lipinski definition) is 6. The van der Waals surface area contributed by atoms with Crippen molar-refractivity contribution in [3.8, 4) is 28.7 Å². The van der Waals surface area contributed by atoms with Gasteiger partial charge < -0.3 is 24.1 Å². The normalized spacial score (nSPS) is 15.7. The van der Waals surface area contributed by atoms with Gasteiger partial charge in [0.15, 0.2) is 23.0 Å². The number of rotatable bonds is 6. The molecule has 0 bridgehead atoms. The number of carbonyl (C=O) groups is 1. The zero-order valence-electron chi connectivity index (χ0n) is 18.2. The molecule has 0 aliphatic carbocycles. The Morgan fingerprint density at radius 1 is 1.06 bits per heavy atom. The second-order valence-corrected chi connectivity index (χ2v) is 7.55. The summed E-state index contributed by atoms with van der Waals surface area (Å²) < 4.78 is 73.2. The number of pyridine rings is 1. The number of methoxy groups -OCH3 is 1. The van der Waals surface area contributed by atoms with E-state index in [1.807, 2.05) is 6.92 Å². The fourth-order valence-electron chi connectivity index (χ4n) is 3.69. The molecule has 1 aliphatic heterocycles. The molecule has 34 heavy (non-hydrogen) atoms. The molecule has 0 amide bonds. The van der Waals surface area contributed by atoms with Crippen LogP contribution in [-0.4, -0.2) is 35.4 Å². The molecule has 1 aliphatic rings. The zero-order valence-corrected chi connectivity index (χ0v) is 18.2. The summed E-state index contributed by atoms with van der Waals surface area (Å²) in [7, 11) is 1.38. The van der Waals surface area contributed by atoms with Gasteiger partial charge in [0.25, 0.3) is 0 Å². The first kappa shape index (κ1) is 23.4. The van der Waals surface area contributed by atoms with Gasteiger partial charge in [-0.05, 0) is 42.7 Å². The first-order chi connectivity index (χ1) is 16.0. The van der Waals surface area contributed by atoms with E-state index in [0.717, 1.165) is 23.4 Å². The number of fused-ring (bicyclic) bond motifs is 2. The quantitative estimate of drug-likeness (QED) is 0.466. The van der Waals surface area contributed by atoms with Crippen molar-refractivity contribution in [3.05, 3.63) is 47.2 Å². The van der Waals surface area contributed by atoms with Gasteiger partial charge in [-0.2, -0.15) is 17.6 Å². The summed E-state index contributed by atoms with van der Waals surface area (Å²) in [6.07, 6.45) is -9.36. The fraction of sp³-hybridized carbons (Fsp3) is 0.304. The van der Waals surface area contributed by atoms with Gasteiger partial charge in [0.2, 0.25) is 0 Å². The van der Waals surface area contributed by atoms with Gasteiger partial charge in [0.1, 0.15) is 5.75 Å². The van der Waals surface area contributed by atoms with E-state index in [1.54, 1.807) is 13.0 Å². The number of alkyl halides is 4. The van der Waals surface area contributed by atoms with Crippen LogP contribution in [0.15, 0.2) is 30.3 Å². The van der Waals surface area contributed by atoms with Crippen molar-refractivity contribution in [1.82, 2.24) is 4.98 Å². The maximum atomic E-state index is 13.5. The SMILES string of the molecule is CCc1nc2cc(OC)c(Oc3ccc4c(c3)OC(F)(F)C(F)(F)O4)cc2c(CC(=O)O)c1C. The third-order valence-corrected chi connectivity index (χ3v) is 5.37. The standard InChI is InChI=1S/C23H19F4NO6/c1-4-15-11(2)13(9-21(29)30)14-8-19(18(31-3)10-16(14)28-15)32-12-5-6-17-20(7-12)34-23(26,27)22(24,25)33-17/h5-8,10H,4,9H2,1-3H3,(H,29,30). The maximum Gasteiger partial charge on any atom is 0.507 e. The summed E-state index contributed by atoms with van der Waals surface area (Å²) in [6.45, 7) is 3.69. The lowest BCUT2D eigenvalue weighted by atomic mass is 9.97. The Labute approximate surface area is 190 Å². The highest BCUT2D eigenvalue weighted by Gasteiger charge is 2.66. The van der Waals surface area contributed by atoms with Crippen LogP contribution in [-0.2, 0) is 17.6 Å². The van der Waals surface area contributed by atoms with E-state index in [1.165, 1.54) is 19.2 Å². The molecule has 4 rings (SSSR count). The third kappa shape index (κ3) is 4.02. The lowest BCUT2D eigenvalue weighted by Gasteiger charge is -2.31. The van der Waals surface area contributed by atoms with Gasteiger partial charge in [-0.25, -0.2) is 0 Å². The molecular formula is C23H19F4NO6. The van der Waals surface area contributed by atoms with Crippen LogP contribution in [0.4, 0.5) is 17.6 Å². The summed E-state index contributed by atoms with van der Waals surface area (Å²) in [5, 5.41) is 9.91. The second kappa shape index (κ2) is 8.23. The van der Waals surface area contributed by atoms with Crippen LogP contribution in [0, 0.1) is 6.92 Å². The number of halogens is 4. The number of hydrogen-bond donors (Lipinski definition) is 1. The average Bonchev–Trinajstić information content (AvgIpc) is 2.75. The summed E-state index contributed by atoms with van der Waals surface area (Å²) in [5.74, 6) is -1.91. The monoisotopic (exact) mass is 481 g/mol. The summed E-state index contributed by atoms with van der Waals surface area (Å²) >= 11 is 0. The Hall–Kier alpha value is -3.76. The van der Waals surface area contributed by atoms with Gasteiger partial charge in [-0.15, -0.1) is 0 Å². The van der Waals surface area contributed by atoms with Crippen molar-refractivity contribution in [2.75, 3.05) is 7.11 Å². The number of ether oxygens (including phenoxy) is 4. The average molecular weight is 481 g/mol. The molecule has 0 saturated heterocycles. The predicted octanol–water partition coefficient (Wildman–Crippen LogP) is 5.49. The number of benzene rings is 2. The molecule has 11 heteroatoms. The number of aliphatic carboxylic acids is 1. The van der Waals surface area contributed by atoms with Crippen LogP contribution in [0.1, 0.15) is 23.7 Å². The van der Waals surface area contributed by atoms with Crippen LogP contribution in [0.2, 0.25) is 0 Å². The number of carboxylic acids is 1. The number of carboxylic acid groups (broad SMARTS) is 1. The van der Waals surface area contributed by atoms with E-state index in [-0.39, 0.29) is 23.7 Å². The molecule has 0 atom stereocenters. The molecule has 1 aromatic heterocycles. The smallest absolute Gasteiger partial charge is 0.493 e. The fourth-order valence-corrected chi connectivity index (χ4v) is 3.69. The molecule has 180 valence electrons. The van der Waals surface area contributed by atoms with Crippen molar-refractivity contribution in [1.29, 1.82) is 0 Å². The number of aromatic nitrogens is 1. The number of nitrogens with zero attached hydrogens (tertiary/aromatic N) is 1. The molecule has 2 aromatic carbocycles. The maximum absolute atomic E-state index is 13.5. The molecule has 0 radical (unpaired) electrons. The molecular weight excluding hydrogens is 462 g/mol. The molecule has 1 N–H and O–H groups in total. The van der Waals surface area contributed by atoms with E-state index in [0.29, 0.717) is 22.9 Å². The third-order valence-electron chi connectivity index (χ3n) is 5.37. The van der Waals surface area contributed by atoms with Gasteiger partial charge >= 0.3 is 18.2 Å². The first-order valence-electron chi connectivity index (χ1n) is 10.1. The summed E-state index contributed by atoms with van der Waals surface area (Å²) in [4.78, 5) is 16.1. The molecule has 0 fully saturated rings. The minimum absolute atomic E-state index is 0.0318.